The maximum Gasteiger partial charge on any atom is 0.328 e. The van der Waals surface area contributed by atoms with Gasteiger partial charge in [-0.2, -0.15) is 0 Å². The number of hydrogen-bond acceptors (Lipinski definition) is 4. The van der Waals surface area contributed by atoms with E-state index in [1.54, 1.807) is 0 Å². The van der Waals surface area contributed by atoms with Gasteiger partial charge in [-0.25, -0.2) is 9.59 Å². The second-order valence-corrected chi connectivity index (χ2v) is 4.74. The molecule has 2 heterocycles. The van der Waals surface area contributed by atoms with E-state index in [2.05, 4.69) is 5.32 Å². The SMILES string of the molecule is O=C1CN(C(=O)N2CCCC2CO)C(C(=O)O)CN1. The van der Waals surface area contributed by atoms with E-state index in [1.807, 2.05) is 0 Å². The van der Waals surface area contributed by atoms with Crippen LogP contribution in [0.3, 0.4) is 0 Å². The van der Waals surface area contributed by atoms with E-state index in [0.717, 1.165) is 11.3 Å². The first kappa shape index (κ1) is 13.6. The molecular formula is C11H17N3O5. The number of amides is 3. The van der Waals surface area contributed by atoms with Crippen molar-refractivity contribution in [3.05, 3.63) is 0 Å². The Labute approximate surface area is 110 Å². The number of rotatable bonds is 2. The van der Waals surface area contributed by atoms with Crippen LogP contribution in [0.15, 0.2) is 0 Å². The molecule has 2 aliphatic rings. The van der Waals surface area contributed by atoms with Crippen molar-refractivity contribution in [2.45, 2.75) is 24.9 Å². The van der Waals surface area contributed by atoms with E-state index in [4.69, 9.17) is 5.11 Å². The highest BCUT2D eigenvalue weighted by Crippen LogP contribution is 2.20. The Morgan fingerprint density at radius 3 is 2.74 bits per heavy atom. The number of carbonyl (C=O) groups is 3. The number of aliphatic hydroxyl groups is 1. The average molecular weight is 271 g/mol. The molecule has 2 rings (SSSR count). The Morgan fingerprint density at radius 1 is 1.37 bits per heavy atom. The summed E-state index contributed by atoms with van der Waals surface area (Å²) in [6.07, 6.45) is 1.47. The molecule has 19 heavy (non-hydrogen) atoms. The molecule has 0 aliphatic carbocycles. The van der Waals surface area contributed by atoms with Gasteiger partial charge in [0, 0.05) is 13.1 Å². The second-order valence-electron chi connectivity index (χ2n) is 4.74. The molecule has 0 radical (unpaired) electrons. The Kier molecular flexibility index (Phi) is 3.89. The second kappa shape index (κ2) is 5.43. The molecule has 2 atom stereocenters. The number of nitrogens with zero attached hydrogens (tertiary/aromatic N) is 2. The Hall–Kier alpha value is -1.83. The molecule has 2 fully saturated rings. The number of carboxylic acid groups (broad SMARTS) is 1. The van der Waals surface area contributed by atoms with Crippen LogP contribution in [-0.4, -0.2) is 76.2 Å². The smallest absolute Gasteiger partial charge is 0.328 e. The normalized spacial score (nSPS) is 27.3. The van der Waals surface area contributed by atoms with Gasteiger partial charge in [-0.05, 0) is 12.8 Å². The number of aliphatic hydroxyl groups excluding tert-OH is 1. The van der Waals surface area contributed by atoms with Gasteiger partial charge in [-0.15, -0.1) is 0 Å². The quantitative estimate of drug-likeness (QED) is 0.563. The Morgan fingerprint density at radius 2 is 2.11 bits per heavy atom. The summed E-state index contributed by atoms with van der Waals surface area (Å²) in [6.45, 7) is -0.0139. The van der Waals surface area contributed by atoms with Crippen molar-refractivity contribution in [2.75, 3.05) is 26.2 Å². The molecule has 0 aromatic heterocycles. The van der Waals surface area contributed by atoms with Crippen molar-refractivity contribution in [1.29, 1.82) is 0 Å². The van der Waals surface area contributed by atoms with Crippen molar-refractivity contribution in [1.82, 2.24) is 15.1 Å². The summed E-state index contributed by atoms with van der Waals surface area (Å²) >= 11 is 0. The van der Waals surface area contributed by atoms with Gasteiger partial charge in [0.1, 0.15) is 12.6 Å². The number of hydrogen-bond donors (Lipinski definition) is 3. The monoisotopic (exact) mass is 271 g/mol. The zero-order chi connectivity index (χ0) is 14.0. The Balaban J connectivity index is 2.14. The fraction of sp³-hybridized carbons (Fsp3) is 0.727. The standard InChI is InChI=1S/C11H17N3O5/c15-6-7-2-1-3-13(7)11(19)14-5-9(16)12-4-8(14)10(17)18/h7-8,15H,1-6H2,(H,12,16)(H,17,18). The molecule has 2 unspecified atom stereocenters. The molecular weight excluding hydrogens is 254 g/mol. The summed E-state index contributed by atoms with van der Waals surface area (Å²) in [5.74, 6) is -1.52. The van der Waals surface area contributed by atoms with Gasteiger partial charge >= 0.3 is 12.0 Å². The minimum absolute atomic E-state index is 0.0858. The molecule has 2 aliphatic heterocycles. The molecule has 8 nitrogen and oxygen atoms in total. The number of carbonyl (C=O) groups excluding carboxylic acids is 2. The molecule has 0 spiro atoms. The third-order valence-electron chi connectivity index (χ3n) is 3.55. The van der Waals surface area contributed by atoms with Crippen LogP contribution in [-0.2, 0) is 9.59 Å². The van der Waals surface area contributed by atoms with E-state index >= 15 is 0 Å². The van der Waals surface area contributed by atoms with Crippen LogP contribution in [0.2, 0.25) is 0 Å². The maximum absolute atomic E-state index is 12.3. The van der Waals surface area contributed by atoms with Gasteiger partial charge in [0.2, 0.25) is 5.91 Å². The molecule has 0 bridgehead atoms. The van der Waals surface area contributed by atoms with Crippen molar-refractivity contribution >= 4 is 17.9 Å². The predicted molar refractivity (Wildman–Crippen MR) is 63.3 cm³/mol. The number of nitrogens with one attached hydrogen (secondary N) is 1. The van der Waals surface area contributed by atoms with Gasteiger partial charge < -0.3 is 20.4 Å². The number of urea groups is 1. The first-order valence-corrected chi connectivity index (χ1v) is 6.22. The van der Waals surface area contributed by atoms with Crippen LogP contribution in [0.1, 0.15) is 12.8 Å². The molecule has 8 heteroatoms. The topological polar surface area (TPSA) is 110 Å². The van der Waals surface area contributed by atoms with Crippen LogP contribution in [0.5, 0.6) is 0 Å². The van der Waals surface area contributed by atoms with Crippen molar-refractivity contribution < 1.29 is 24.6 Å². The minimum Gasteiger partial charge on any atom is -0.480 e. The lowest BCUT2D eigenvalue weighted by Gasteiger charge is -2.36. The third-order valence-corrected chi connectivity index (χ3v) is 3.55. The van der Waals surface area contributed by atoms with Crippen LogP contribution >= 0.6 is 0 Å². The highest BCUT2D eigenvalue weighted by molar-refractivity contribution is 5.90. The van der Waals surface area contributed by atoms with Crippen LogP contribution in [0.4, 0.5) is 4.79 Å². The lowest BCUT2D eigenvalue weighted by Crippen LogP contribution is -2.62. The van der Waals surface area contributed by atoms with E-state index in [-0.39, 0.29) is 31.6 Å². The zero-order valence-electron chi connectivity index (χ0n) is 10.4. The van der Waals surface area contributed by atoms with Gasteiger partial charge in [-0.1, -0.05) is 0 Å². The molecule has 0 saturated carbocycles. The number of piperazine rings is 1. The first-order valence-electron chi connectivity index (χ1n) is 6.22. The van der Waals surface area contributed by atoms with E-state index in [1.165, 1.54) is 4.90 Å². The molecule has 0 aromatic carbocycles. The van der Waals surface area contributed by atoms with E-state index in [0.29, 0.717) is 13.0 Å². The minimum atomic E-state index is -1.15. The van der Waals surface area contributed by atoms with Gasteiger partial charge in [0.25, 0.3) is 0 Å². The van der Waals surface area contributed by atoms with Crippen molar-refractivity contribution in [3.8, 4) is 0 Å². The van der Waals surface area contributed by atoms with Gasteiger partial charge in [0.05, 0.1) is 12.6 Å². The molecule has 106 valence electrons. The summed E-state index contributed by atoms with van der Waals surface area (Å²) < 4.78 is 0. The fourth-order valence-electron chi connectivity index (χ4n) is 2.51. The van der Waals surface area contributed by atoms with Gasteiger partial charge in [0.15, 0.2) is 0 Å². The molecule has 2 saturated heterocycles. The third kappa shape index (κ3) is 2.62. The molecule has 0 aromatic rings. The van der Waals surface area contributed by atoms with E-state index < -0.39 is 18.0 Å². The summed E-state index contributed by atoms with van der Waals surface area (Å²) in [4.78, 5) is 37.3. The van der Waals surface area contributed by atoms with E-state index in [9.17, 15) is 19.5 Å². The van der Waals surface area contributed by atoms with Crippen LogP contribution in [0.25, 0.3) is 0 Å². The highest BCUT2D eigenvalue weighted by atomic mass is 16.4. The zero-order valence-corrected chi connectivity index (χ0v) is 10.4. The average Bonchev–Trinajstić information content (AvgIpc) is 2.85. The van der Waals surface area contributed by atoms with Crippen molar-refractivity contribution in [3.63, 3.8) is 0 Å². The lowest BCUT2D eigenvalue weighted by molar-refractivity contribution is -0.144. The summed E-state index contributed by atoms with van der Waals surface area (Å²) in [5.41, 5.74) is 0. The summed E-state index contributed by atoms with van der Waals surface area (Å²) in [7, 11) is 0. The largest absolute Gasteiger partial charge is 0.480 e. The van der Waals surface area contributed by atoms with Gasteiger partial charge in [-0.3, -0.25) is 9.69 Å². The molecule has 3 N–H and O–H groups in total. The summed E-state index contributed by atoms with van der Waals surface area (Å²) in [5, 5.41) is 20.7. The molecule has 3 amide bonds. The fourth-order valence-corrected chi connectivity index (χ4v) is 2.51. The number of likely N-dealkylation sites (tertiary alicyclic amines) is 1. The first-order chi connectivity index (χ1) is 9.04. The lowest BCUT2D eigenvalue weighted by atomic mass is 10.2. The highest BCUT2D eigenvalue weighted by Gasteiger charge is 2.40. The van der Waals surface area contributed by atoms with Crippen LogP contribution in [0, 0.1) is 0 Å². The van der Waals surface area contributed by atoms with Crippen molar-refractivity contribution in [2.24, 2.45) is 0 Å². The Bertz CT molecular complexity index is 400. The number of aliphatic carboxylic acids is 1. The maximum atomic E-state index is 12.3. The number of carboxylic acids is 1. The van der Waals surface area contributed by atoms with Crippen LogP contribution < -0.4 is 5.32 Å². The summed E-state index contributed by atoms with van der Waals surface area (Å²) in [6, 6.07) is -1.82. The predicted octanol–water partition coefficient (Wildman–Crippen LogP) is -1.55.